The van der Waals surface area contributed by atoms with Gasteiger partial charge in [-0.05, 0) is 16.3 Å². The maximum absolute atomic E-state index is 11.9. The van der Waals surface area contributed by atoms with Gasteiger partial charge in [-0.2, -0.15) is 5.10 Å². The number of hydrogen-bond donors (Lipinski definition) is 2. The molecule has 0 saturated carbocycles. The summed E-state index contributed by atoms with van der Waals surface area (Å²) in [5, 5.41) is 11.8. The van der Waals surface area contributed by atoms with Gasteiger partial charge in [0.25, 0.3) is 0 Å². The number of aromatic nitrogens is 3. The number of fused-ring (bicyclic) bond motifs is 1. The van der Waals surface area contributed by atoms with Gasteiger partial charge in [-0.15, -0.1) is 0 Å². The normalized spacial score (nSPS) is 10.7. The minimum absolute atomic E-state index is 0.0183. The number of rotatable bonds is 5. The Kier molecular flexibility index (Phi) is 3.91. The lowest BCUT2D eigenvalue weighted by atomic mass is 10.0. The number of H-pyrrole nitrogens is 1. The zero-order valence-electron chi connectivity index (χ0n) is 11.5. The third-order valence-corrected chi connectivity index (χ3v) is 3.33. The summed E-state index contributed by atoms with van der Waals surface area (Å²) in [6.07, 6.45) is 2.51. The fourth-order valence-corrected chi connectivity index (χ4v) is 2.27. The van der Waals surface area contributed by atoms with E-state index in [0.717, 1.165) is 16.8 Å². The van der Waals surface area contributed by atoms with Crippen molar-refractivity contribution in [2.24, 2.45) is 0 Å². The van der Waals surface area contributed by atoms with Crippen LogP contribution in [-0.4, -0.2) is 27.6 Å². The molecule has 0 saturated heterocycles. The summed E-state index contributed by atoms with van der Waals surface area (Å²) in [6, 6.07) is 14.2. The molecule has 3 aromatic rings. The average molecular weight is 280 g/mol. The van der Waals surface area contributed by atoms with E-state index >= 15 is 0 Å². The van der Waals surface area contributed by atoms with E-state index in [2.05, 4.69) is 38.7 Å². The first-order valence-electron chi connectivity index (χ1n) is 6.90. The van der Waals surface area contributed by atoms with Gasteiger partial charge < -0.3 is 5.32 Å². The number of nitrogens with one attached hydrogen (secondary N) is 2. The van der Waals surface area contributed by atoms with Gasteiger partial charge in [-0.25, -0.2) is 4.98 Å². The van der Waals surface area contributed by atoms with Crippen molar-refractivity contribution in [3.8, 4) is 0 Å². The average Bonchev–Trinajstić information content (AvgIpc) is 3.00. The zero-order valence-corrected chi connectivity index (χ0v) is 11.5. The van der Waals surface area contributed by atoms with E-state index in [4.69, 9.17) is 0 Å². The number of aromatic amines is 1. The third-order valence-electron chi connectivity index (χ3n) is 3.33. The van der Waals surface area contributed by atoms with Crippen molar-refractivity contribution < 1.29 is 4.79 Å². The van der Waals surface area contributed by atoms with Crippen LogP contribution < -0.4 is 5.32 Å². The highest BCUT2D eigenvalue weighted by Gasteiger charge is 2.04. The van der Waals surface area contributed by atoms with E-state index in [0.29, 0.717) is 19.4 Å². The van der Waals surface area contributed by atoms with Crippen LogP contribution in [0.15, 0.2) is 48.8 Å². The van der Waals surface area contributed by atoms with E-state index in [1.807, 2.05) is 24.3 Å². The van der Waals surface area contributed by atoms with E-state index in [9.17, 15) is 4.79 Å². The predicted molar refractivity (Wildman–Crippen MR) is 80.7 cm³/mol. The van der Waals surface area contributed by atoms with Crippen LogP contribution in [0.1, 0.15) is 11.4 Å². The van der Waals surface area contributed by atoms with Crippen LogP contribution >= 0.6 is 0 Å². The molecule has 21 heavy (non-hydrogen) atoms. The first-order valence-corrected chi connectivity index (χ1v) is 6.90. The van der Waals surface area contributed by atoms with Crippen molar-refractivity contribution in [2.75, 3.05) is 6.54 Å². The molecule has 0 unspecified atom stereocenters. The maximum atomic E-state index is 11.9. The van der Waals surface area contributed by atoms with Crippen LogP contribution in [0.25, 0.3) is 10.8 Å². The highest BCUT2D eigenvalue weighted by molar-refractivity contribution is 5.85. The summed E-state index contributed by atoms with van der Waals surface area (Å²) in [4.78, 5) is 15.9. The minimum atomic E-state index is 0.0183. The van der Waals surface area contributed by atoms with E-state index in [1.54, 1.807) is 0 Å². The molecule has 5 heteroatoms. The monoisotopic (exact) mass is 280 g/mol. The van der Waals surface area contributed by atoms with Gasteiger partial charge in [0, 0.05) is 13.0 Å². The summed E-state index contributed by atoms with van der Waals surface area (Å²) in [7, 11) is 0. The van der Waals surface area contributed by atoms with E-state index in [1.165, 1.54) is 11.7 Å². The summed E-state index contributed by atoms with van der Waals surface area (Å²) >= 11 is 0. The van der Waals surface area contributed by atoms with Crippen molar-refractivity contribution in [1.29, 1.82) is 0 Å². The van der Waals surface area contributed by atoms with Gasteiger partial charge in [-0.3, -0.25) is 9.89 Å². The van der Waals surface area contributed by atoms with Crippen molar-refractivity contribution >= 4 is 16.7 Å². The molecule has 2 N–H and O–H groups in total. The SMILES string of the molecule is O=C(Cc1ccc2ccccc2c1)NCCc1ncn[nH]1. The first-order chi connectivity index (χ1) is 10.3. The fourth-order valence-electron chi connectivity index (χ4n) is 2.27. The maximum Gasteiger partial charge on any atom is 0.224 e. The molecule has 0 aliphatic heterocycles. The third kappa shape index (κ3) is 3.45. The van der Waals surface area contributed by atoms with Crippen molar-refractivity contribution in [3.05, 3.63) is 60.2 Å². The Hall–Kier alpha value is -2.69. The Labute approximate surface area is 122 Å². The predicted octanol–water partition coefficient (Wildman–Crippen LogP) is 1.86. The second kappa shape index (κ2) is 6.17. The molecule has 3 rings (SSSR count). The van der Waals surface area contributed by atoms with E-state index < -0.39 is 0 Å². The lowest BCUT2D eigenvalue weighted by molar-refractivity contribution is -0.120. The topological polar surface area (TPSA) is 70.7 Å². The first kappa shape index (κ1) is 13.3. The van der Waals surface area contributed by atoms with Crippen LogP contribution in [0.5, 0.6) is 0 Å². The molecule has 0 radical (unpaired) electrons. The quantitative estimate of drug-likeness (QED) is 0.749. The molecule has 0 spiro atoms. The molecule has 1 aromatic heterocycles. The summed E-state index contributed by atoms with van der Waals surface area (Å²) < 4.78 is 0. The number of nitrogens with zero attached hydrogens (tertiary/aromatic N) is 2. The lowest BCUT2D eigenvalue weighted by Gasteiger charge is -2.05. The van der Waals surface area contributed by atoms with Crippen LogP contribution in [0.2, 0.25) is 0 Å². The second-order valence-corrected chi connectivity index (χ2v) is 4.89. The molecular weight excluding hydrogens is 264 g/mol. The molecule has 0 bridgehead atoms. The van der Waals surface area contributed by atoms with Crippen LogP contribution in [0.4, 0.5) is 0 Å². The lowest BCUT2D eigenvalue weighted by Crippen LogP contribution is -2.27. The number of hydrogen-bond acceptors (Lipinski definition) is 3. The van der Waals surface area contributed by atoms with Crippen molar-refractivity contribution in [1.82, 2.24) is 20.5 Å². The Morgan fingerprint density at radius 3 is 2.81 bits per heavy atom. The van der Waals surface area contributed by atoms with Crippen LogP contribution in [-0.2, 0) is 17.6 Å². The Morgan fingerprint density at radius 2 is 2.00 bits per heavy atom. The van der Waals surface area contributed by atoms with Gasteiger partial charge in [0.15, 0.2) is 0 Å². The standard InChI is InChI=1S/C16H16N4O/c21-16(17-8-7-15-18-11-19-20-15)10-12-5-6-13-3-1-2-4-14(13)9-12/h1-6,9,11H,7-8,10H2,(H,17,21)(H,18,19,20). The zero-order chi connectivity index (χ0) is 14.5. The van der Waals surface area contributed by atoms with Gasteiger partial charge in [0.2, 0.25) is 5.91 Å². The highest BCUT2D eigenvalue weighted by Crippen LogP contribution is 2.15. The molecule has 0 aliphatic carbocycles. The molecule has 5 nitrogen and oxygen atoms in total. The highest BCUT2D eigenvalue weighted by atomic mass is 16.1. The van der Waals surface area contributed by atoms with E-state index in [-0.39, 0.29) is 5.91 Å². The molecule has 106 valence electrons. The van der Waals surface area contributed by atoms with Gasteiger partial charge in [0.05, 0.1) is 6.42 Å². The fraction of sp³-hybridized carbons (Fsp3) is 0.188. The molecule has 0 atom stereocenters. The Bertz CT molecular complexity index is 737. The Balaban J connectivity index is 1.55. The summed E-state index contributed by atoms with van der Waals surface area (Å²) in [6.45, 7) is 0.557. The molecule has 0 aliphatic rings. The van der Waals surface area contributed by atoms with Crippen molar-refractivity contribution in [2.45, 2.75) is 12.8 Å². The Morgan fingerprint density at radius 1 is 1.14 bits per heavy atom. The molecule has 1 heterocycles. The number of carbonyl (C=O) groups is 1. The van der Waals surface area contributed by atoms with Crippen LogP contribution in [0.3, 0.4) is 0 Å². The number of amides is 1. The van der Waals surface area contributed by atoms with Gasteiger partial charge in [0.1, 0.15) is 12.2 Å². The van der Waals surface area contributed by atoms with Gasteiger partial charge in [-0.1, -0.05) is 42.5 Å². The largest absolute Gasteiger partial charge is 0.355 e. The summed E-state index contributed by atoms with van der Waals surface area (Å²) in [5.41, 5.74) is 1.02. The molecule has 0 fully saturated rings. The number of benzene rings is 2. The molecular formula is C16H16N4O. The number of carbonyl (C=O) groups excluding carboxylic acids is 1. The van der Waals surface area contributed by atoms with Crippen LogP contribution in [0, 0.1) is 0 Å². The molecule has 1 amide bonds. The molecule has 2 aromatic carbocycles. The van der Waals surface area contributed by atoms with Crippen molar-refractivity contribution in [3.63, 3.8) is 0 Å². The minimum Gasteiger partial charge on any atom is -0.355 e. The summed E-state index contributed by atoms with van der Waals surface area (Å²) in [5.74, 6) is 0.797. The smallest absolute Gasteiger partial charge is 0.224 e. The second-order valence-electron chi connectivity index (χ2n) is 4.89. The van der Waals surface area contributed by atoms with Gasteiger partial charge >= 0.3 is 0 Å².